The van der Waals surface area contributed by atoms with Gasteiger partial charge in [-0.25, -0.2) is 32.2 Å². The van der Waals surface area contributed by atoms with Crippen LogP contribution in [0.25, 0.3) is 17.2 Å². The third kappa shape index (κ3) is 2.91. The number of hydrogen-bond donors (Lipinski definition) is 0. The summed E-state index contributed by atoms with van der Waals surface area (Å²) in [5.74, 6) is -1.14. The maximum atomic E-state index is 14.4. The summed E-state index contributed by atoms with van der Waals surface area (Å²) in [4.78, 5) is 8.96. The molecule has 2 bridgehead atoms. The molecule has 2 atom stereocenters. The summed E-state index contributed by atoms with van der Waals surface area (Å²) in [6, 6.07) is 8.47. The maximum absolute atomic E-state index is 14.4. The Morgan fingerprint density at radius 3 is 2.54 bits per heavy atom. The lowest BCUT2D eigenvalue weighted by molar-refractivity contribution is 0.145. The van der Waals surface area contributed by atoms with Crippen LogP contribution in [0.3, 0.4) is 0 Å². The van der Waals surface area contributed by atoms with Crippen molar-refractivity contribution in [3.63, 3.8) is 0 Å². The van der Waals surface area contributed by atoms with Gasteiger partial charge in [-0.15, -0.1) is 5.10 Å². The van der Waals surface area contributed by atoms with Gasteiger partial charge in [0.15, 0.2) is 0 Å². The second kappa shape index (κ2) is 7.40. The van der Waals surface area contributed by atoms with Gasteiger partial charge in [0.05, 0.1) is 28.1 Å². The summed E-state index contributed by atoms with van der Waals surface area (Å²) in [6.07, 6.45) is 1.86. The SMILES string of the molecule is CC1(C)[C@H]2CC[C@@]1(c1ccnc(-n3ccc(C(F)F)n3)n1)c1nnc(-c3c(F)cccc3F)cc12. The van der Waals surface area contributed by atoms with E-state index >= 15 is 0 Å². The van der Waals surface area contributed by atoms with Gasteiger partial charge in [-0.1, -0.05) is 19.9 Å². The summed E-state index contributed by atoms with van der Waals surface area (Å²) in [6.45, 7) is 4.25. The van der Waals surface area contributed by atoms with Gasteiger partial charge < -0.3 is 0 Å². The average molecular weight is 480 g/mol. The van der Waals surface area contributed by atoms with E-state index in [2.05, 4.69) is 34.1 Å². The van der Waals surface area contributed by atoms with Crippen LogP contribution in [-0.4, -0.2) is 29.9 Å². The molecule has 1 saturated carbocycles. The van der Waals surface area contributed by atoms with Gasteiger partial charge >= 0.3 is 0 Å². The van der Waals surface area contributed by atoms with Crippen LogP contribution in [0, 0.1) is 17.0 Å². The molecule has 0 spiro atoms. The lowest BCUT2D eigenvalue weighted by Crippen LogP contribution is -2.38. The van der Waals surface area contributed by atoms with E-state index in [0.717, 1.165) is 24.1 Å². The normalized spacial score (nSPS) is 22.1. The molecule has 3 aromatic heterocycles. The lowest BCUT2D eigenvalue weighted by Gasteiger charge is -2.37. The van der Waals surface area contributed by atoms with Gasteiger partial charge in [-0.05, 0) is 60.1 Å². The van der Waals surface area contributed by atoms with Crippen LogP contribution < -0.4 is 0 Å². The van der Waals surface area contributed by atoms with Crippen LogP contribution >= 0.6 is 0 Å². The van der Waals surface area contributed by atoms with Crippen LogP contribution in [0.5, 0.6) is 0 Å². The number of halogens is 4. The van der Waals surface area contributed by atoms with Gasteiger partial charge in [-0.2, -0.15) is 10.2 Å². The molecule has 6 nitrogen and oxygen atoms in total. The molecule has 1 aromatic carbocycles. The van der Waals surface area contributed by atoms with Crippen molar-refractivity contribution in [3.05, 3.63) is 83.1 Å². The standard InChI is InChI=1S/C25H20F4N6/c1-24(2)14-6-9-25(24,19-7-10-30-23(31-19)35-11-8-17(34-35)22(28)29)21-13(14)12-18(32-33-21)20-15(26)4-3-5-16(20)27/h3-5,7-8,10-12,14,22H,6,9H2,1-2H3/t14-,25+/m0/s1. The van der Waals surface area contributed by atoms with E-state index in [1.165, 1.54) is 35.1 Å². The fourth-order valence-corrected chi connectivity index (χ4v) is 6.02. The molecule has 0 unspecified atom stereocenters. The van der Waals surface area contributed by atoms with Gasteiger partial charge in [-0.3, -0.25) is 0 Å². The topological polar surface area (TPSA) is 69.4 Å². The molecular weight excluding hydrogens is 460 g/mol. The highest BCUT2D eigenvalue weighted by Gasteiger charge is 2.65. The van der Waals surface area contributed by atoms with E-state index in [0.29, 0.717) is 5.69 Å². The van der Waals surface area contributed by atoms with Crippen molar-refractivity contribution in [1.82, 2.24) is 29.9 Å². The quantitative estimate of drug-likeness (QED) is 0.359. The molecule has 35 heavy (non-hydrogen) atoms. The number of nitrogens with zero attached hydrogens (tertiary/aromatic N) is 6. The van der Waals surface area contributed by atoms with Crippen molar-refractivity contribution in [2.24, 2.45) is 5.41 Å². The monoisotopic (exact) mass is 480 g/mol. The predicted molar refractivity (Wildman–Crippen MR) is 118 cm³/mol. The Morgan fingerprint density at radius 2 is 1.83 bits per heavy atom. The average Bonchev–Trinajstić information content (AvgIpc) is 3.48. The van der Waals surface area contributed by atoms with E-state index in [-0.39, 0.29) is 34.2 Å². The summed E-state index contributed by atoms with van der Waals surface area (Å²) < 4.78 is 56.2. The lowest BCUT2D eigenvalue weighted by atomic mass is 9.66. The van der Waals surface area contributed by atoms with E-state index in [1.807, 2.05) is 0 Å². The van der Waals surface area contributed by atoms with E-state index in [1.54, 1.807) is 18.3 Å². The summed E-state index contributed by atoms with van der Waals surface area (Å²) in [7, 11) is 0. The van der Waals surface area contributed by atoms with E-state index in [4.69, 9.17) is 4.98 Å². The molecule has 2 aliphatic rings. The first-order valence-corrected chi connectivity index (χ1v) is 11.2. The third-order valence-corrected chi connectivity index (χ3v) is 7.72. The fraction of sp³-hybridized carbons (Fsp3) is 0.320. The number of alkyl halides is 2. The highest BCUT2D eigenvalue weighted by Crippen LogP contribution is 2.69. The smallest absolute Gasteiger partial charge is 0.220 e. The molecule has 10 heteroatoms. The largest absolute Gasteiger partial charge is 0.282 e. The molecule has 3 heterocycles. The van der Waals surface area contributed by atoms with Crippen molar-refractivity contribution in [1.29, 1.82) is 0 Å². The maximum Gasteiger partial charge on any atom is 0.282 e. The van der Waals surface area contributed by atoms with Crippen LogP contribution in [0.2, 0.25) is 0 Å². The van der Waals surface area contributed by atoms with Crippen molar-refractivity contribution >= 4 is 0 Å². The Hall–Kier alpha value is -3.69. The minimum Gasteiger partial charge on any atom is -0.220 e. The number of rotatable bonds is 4. The molecule has 0 amide bonds. The Morgan fingerprint density at radius 1 is 1.06 bits per heavy atom. The van der Waals surface area contributed by atoms with Crippen molar-refractivity contribution in [2.75, 3.05) is 0 Å². The Kier molecular flexibility index (Phi) is 4.61. The van der Waals surface area contributed by atoms with Crippen molar-refractivity contribution < 1.29 is 17.6 Å². The zero-order valence-electron chi connectivity index (χ0n) is 18.9. The molecule has 2 aliphatic carbocycles. The third-order valence-electron chi connectivity index (χ3n) is 7.72. The van der Waals surface area contributed by atoms with E-state index < -0.39 is 23.5 Å². The minimum absolute atomic E-state index is 0.0788. The van der Waals surface area contributed by atoms with Gasteiger partial charge in [0.2, 0.25) is 0 Å². The van der Waals surface area contributed by atoms with Gasteiger partial charge in [0.25, 0.3) is 12.4 Å². The minimum atomic E-state index is -2.70. The second-order valence-corrected chi connectivity index (χ2v) is 9.58. The van der Waals surface area contributed by atoms with E-state index in [9.17, 15) is 17.6 Å². The first-order valence-electron chi connectivity index (χ1n) is 11.2. The Balaban J connectivity index is 1.49. The second-order valence-electron chi connectivity index (χ2n) is 9.58. The van der Waals surface area contributed by atoms with Crippen LogP contribution in [0.15, 0.2) is 48.8 Å². The summed E-state index contributed by atoms with van der Waals surface area (Å²) >= 11 is 0. The molecule has 1 fully saturated rings. The fourth-order valence-electron chi connectivity index (χ4n) is 6.02. The molecule has 0 saturated heterocycles. The summed E-state index contributed by atoms with van der Waals surface area (Å²) in [5, 5.41) is 12.6. The van der Waals surface area contributed by atoms with Crippen LogP contribution in [-0.2, 0) is 5.41 Å². The van der Waals surface area contributed by atoms with Gasteiger partial charge in [0.1, 0.15) is 17.3 Å². The van der Waals surface area contributed by atoms with Crippen LogP contribution in [0.1, 0.15) is 61.7 Å². The number of fused-ring (bicyclic) bond motifs is 5. The molecule has 0 radical (unpaired) electrons. The molecule has 6 rings (SSSR count). The Labute approximate surface area is 198 Å². The molecule has 178 valence electrons. The first kappa shape index (κ1) is 21.8. The van der Waals surface area contributed by atoms with Crippen molar-refractivity contribution in [2.45, 2.75) is 44.4 Å². The molecule has 0 aliphatic heterocycles. The first-order chi connectivity index (χ1) is 16.7. The summed E-state index contributed by atoms with van der Waals surface area (Å²) in [5.41, 5.74) is 0.937. The predicted octanol–water partition coefficient (Wildman–Crippen LogP) is 5.54. The Bertz CT molecular complexity index is 1450. The van der Waals surface area contributed by atoms with Crippen molar-refractivity contribution in [3.8, 4) is 17.2 Å². The molecular formula is C25H20F4N6. The molecule has 4 aromatic rings. The number of benzene rings is 1. The number of hydrogen-bond acceptors (Lipinski definition) is 5. The molecule has 0 N–H and O–H groups in total. The van der Waals surface area contributed by atoms with Crippen LogP contribution in [0.4, 0.5) is 17.6 Å². The van der Waals surface area contributed by atoms with Gasteiger partial charge in [0, 0.05) is 12.4 Å². The highest BCUT2D eigenvalue weighted by molar-refractivity contribution is 5.64. The zero-order valence-corrected chi connectivity index (χ0v) is 18.9. The highest BCUT2D eigenvalue weighted by atomic mass is 19.3. The zero-order chi connectivity index (χ0) is 24.5. The number of aromatic nitrogens is 6.